The number of benzene rings is 2. The first-order valence-electron chi connectivity index (χ1n) is 8.43. The summed E-state index contributed by atoms with van der Waals surface area (Å²) in [7, 11) is 1.63. The number of amides is 1. The van der Waals surface area contributed by atoms with Gasteiger partial charge in [0.05, 0.1) is 12.7 Å². The van der Waals surface area contributed by atoms with Gasteiger partial charge in [-0.2, -0.15) is 0 Å². The lowest BCUT2D eigenvalue weighted by molar-refractivity contribution is 0.0937. The van der Waals surface area contributed by atoms with Crippen LogP contribution in [0, 0.1) is 11.6 Å². The average molecular weight is 345 g/mol. The molecule has 0 spiro atoms. The van der Waals surface area contributed by atoms with Crippen LogP contribution >= 0.6 is 0 Å². The molecule has 1 amide bonds. The Morgan fingerprint density at radius 3 is 2.56 bits per heavy atom. The molecule has 3 rings (SSSR count). The molecule has 0 aromatic heterocycles. The third-order valence-electron chi connectivity index (χ3n) is 5.02. The van der Waals surface area contributed by atoms with Gasteiger partial charge in [0.15, 0.2) is 11.6 Å². The summed E-state index contributed by atoms with van der Waals surface area (Å²) in [4.78, 5) is 12.4. The van der Waals surface area contributed by atoms with Crippen molar-refractivity contribution in [3.8, 4) is 5.75 Å². The molecule has 0 saturated heterocycles. The van der Waals surface area contributed by atoms with E-state index in [1.54, 1.807) is 7.11 Å². The summed E-state index contributed by atoms with van der Waals surface area (Å²) in [5.41, 5.74) is 0.537. The second kappa shape index (κ2) is 7.21. The molecule has 1 fully saturated rings. The van der Waals surface area contributed by atoms with Crippen molar-refractivity contribution in [2.45, 2.75) is 31.1 Å². The minimum atomic E-state index is -1.11. The molecular weight excluding hydrogens is 324 g/mol. The molecule has 0 bridgehead atoms. The molecule has 0 radical (unpaired) electrons. The van der Waals surface area contributed by atoms with Crippen LogP contribution in [-0.4, -0.2) is 19.6 Å². The Labute approximate surface area is 146 Å². The van der Waals surface area contributed by atoms with Gasteiger partial charge in [-0.25, -0.2) is 8.78 Å². The lowest BCUT2D eigenvalue weighted by Crippen LogP contribution is -2.39. The highest BCUT2D eigenvalue weighted by atomic mass is 19.2. The minimum Gasteiger partial charge on any atom is -0.496 e. The largest absolute Gasteiger partial charge is 0.496 e. The molecule has 1 N–H and O–H groups in total. The number of methoxy groups -OCH3 is 1. The maximum atomic E-state index is 13.8. The maximum Gasteiger partial charge on any atom is 0.254 e. The van der Waals surface area contributed by atoms with Crippen molar-refractivity contribution in [1.82, 2.24) is 5.32 Å². The number of hydrogen-bond acceptors (Lipinski definition) is 2. The Bertz CT molecular complexity index is 770. The number of ether oxygens (including phenoxy) is 1. The van der Waals surface area contributed by atoms with E-state index >= 15 is 0 Å². The van der Waals surface area contributed by atoms with E-state index in [2.05, 4.69) is 5.32 Å². The highest BCUT2D eigenvalue weighted by Crippen LogP contribution is 2.44. The fraction of sp³-hybridized carbons (Fsp3) is 0.350. The van der Waals surface area contributed by atoms with Crippen LogP contribution in [0.5, 0.6) is 5.75 Å². The van der Waals surface area contributed by atoms with Crippen LogP contribution in [0.25, 0.3) is 0 Å². The van der Waals surface area contributed by atoms with Crippen molar-refractivity contribution in [1.29, 1.82) is 0 Å². The number of carbonyl (C=O) groups is 1. The monoisotopic (exact) mass is 345 g/mol. The normalized spacial score (nSPS) is 15.8. The fourth-order valence-corrected chi connectivity index (χ4v) is 3.70. The van der Waals surface area contributed by atoms with E-state index in [0.717, 1.165) is 43.1 Å². The van der Waals surface area contributed by atoms with Crippen molar-refractivity contribution in [3.63, 3.8) is 0 Å². The van der Waals surface area contributed by atoms with E-state index in [9.17, 15) is 13.6 Å². The number of hydrogen-bond donors (Lipinski definition) is 1. The van der Waals surface area contributed by atoms with E-state index in [0.29, 0.717) is 6.54 Å². The summed E-state index contributed by atoms with van der Waals surface area (Å²) in [6.07, 6.45) is 3.95. The van der Waals surface area contributed by atoms with Crippen LogP contribution in [0.2, 0.25) is 0 Å². The van der Waals surface area contributed by atoms with E-state index in [1.807, 2.05) is 24.3 Å². The van der Waals surface area contributed by atoms with E-state index in [4.69, 9.17) is 4.74 Å². The van der Waals surface area contributed by atoms with Gasteiger partial charge in [-0.3, -0.25) is 4.79 Å². The molecule has 0 aliphatic heterocycles. The van der Waals surface area contributed by atoms with Gasteiger partial charge in [0.1, 0.15) is 5.75 Å². The second-order valence-electron chi connectivity index (χ2n) is 6.47. The van der Waals surface area contributed by atoms with Crippen molar-refractivity contribution in [3.05, 3.63) is 65.2 Å². The topological polar surface area (TPSA) is 38.3 Å². The highest BCUT2D eigenvalue weighted by molar-refractivity contribution is 5.94. The SMILES string of the molecule is COc1ccccc1C1(CNC(=O)c2cccc(F)c2F)CCCC1. The number of para-hydroxylation sites is 1. The molecule has 3 nitrogen and oxygen atoms in total. The Morgan fingerprint density at radius 1 is 1.12 bits per heavy atom. The van der Waals surface area contributed by atoms with Crippen LogP contribution in [0.15, 0.2) is 42.5 Å². The van der Waals surface area contributed by atoms with Gasteiger partial charge in [0.2, 0.25) is 0 Å². The summed E-state index contributed by atoms with van der Waals surface area (Å²) in [6.45, 7) is 0.363. The third-order valence-corrected chi connectivity index (χ3v) is 5.02. The van der Waals surface area contributed by atoms with Crippen LogP contribution in [-0.2, 0) is 5.41 Å². The predicted octanol–water partition coefficient (Wildman–Crippen LogP) is 4.22. The van der Waals surface area contributed by atoms with Crippen molar-refractivity contribution < 1.29 is 18.3 Å². The first-order chi connectivity index (χ1) is 12.1. The van der Waals surface area contributed by atoms with Crippen LogP contribution < -0.4 is 10.1 Å². The highest BCUT2D eigenvalue weighted by Gasteiger charge is 2.38. The number of halogens is 2. The molecule has 132 valence electrons. The molecule has 1 saturated carbocycles. The Kier molecular flexibility index (Phi) is 5.02. The molecule has 2 aromatic rings. The Hall–Kier alpha value is -2.43. The quantitative estimate of drug-likeness (QED) is 0.881. The van der Waals surface area contributed by atoms with Gasteiger partial charge in [-0.15, -0.1) is 0 Å². The van der Waals surface area contributed by atoms with Gasteiger partial charge < -0.3 is 10.1 Å². The molecule has 0 atom stereocenters. The smallest absolute Gasteiger partial charge is 0.254 e. The number of nitrogens with one attached hydrogen (secondary N) is 1. The molecule has 2 aromatic carbocycles. The molecule has 1 aliphatic rings. The minimum absolute atomic E-state index is 0.244. The third kappa shape index (κ3) is 3.36. The van der Waals surface area contributed by atoms with Gasteiger partial charge in [-0.1, -0.05) is 37.1 Å². The van der Waals surface area contributed by atoms with Gasteiger partial charge in [0.25, 0.3) is 5.91 Å². The summed E-state index contributed by atoms with van der Waals surface area (Å²) in [5, 5.41) is 2.80. The fourth-order valence-electron chi connectivity index (χ4n) is 3.70. The van der Waals surface area contributed by atoms with Gasteiger partial charge in [-0.05, 0) is 31.0 Å². The van der Waals surface area contributed by atoms with Crippen LogP contribution in [0.3, 0.4) is 0 Å². The number of carbonyl (C=O) groups excluding carboxylic acids is 1. The number of rotatable bonds is 5. The average Bonchev–Trinajstić information content (AvgIpc) is 3.12. The lowest BCUT2D eigenvalue weighted by Gasteiger charge is -2.31. The van der Waals surface area contributed by atoms with E-state index in [1.165, 1.54) is 12.1 Å². The summed E-state index contributed by atoms with van der Waals surface area (Å²) in [5.74, 6) is -1.94. The zero-order chi connectivity index (χ0) is 17.9. The molecule has 0 heterocycles. The van der Waals surface area contributed by atoms with Crippen molar-refractivity contribution in [2.24, 2.45) is 0 Å². The van der Waals surface area contributed by atoms with Gasteiger partial charge >= 0.3 is 0 Å². The zero-order valence-corrected chi connectivity index (χ0v) is 14.1. The van der Waals surface area contributed by atoms with E-state index in [-0.39, 0.29) is 11.0 Å². The molecule has 25 heavy (non-hydrogen) atoms. The van der Waals surface area contributed by atoms with Crippen molar-refractivity contribution in [2.75, 3.05) is 13.7 Å². The van der Waals surface area contributed by atoms with Crippen LogP contribution in [0.1, 0.15) is 41.6 Å². The Morgan fingerprint density at radius 2 is 1.84 bits per heavy atom. The van der Waals surface area contributed by atoms with Gasteiger partial charge in [0, 0.05) is 17.5 Å². The standard InChI is InChI=1S/C20H21F2NO2/c1-25-17-10-3-2-8-15(17)20(11-4-5-12-20)13-23-19(24)14-7-6-9-16(21)18(14)22/h2-3,6-10H,4-5,11-13H2,1H3,(H,23,24). The molecule has 0 unspecified atom stereocenters. The Balaban J connectivity index is 1.83. The predicted molar refractivity (Wildman–Crippen MR) is 91.8 cm³/mol. The molecular formula is C20H21F2NO2. The first kappa shape index (κ1) is 17.4. The summed E-state index contributed by atoms with van der Waals surface area (Å²) >= 11 is 0. The molecule has 5 heteroatoms. The first-order valence-corrected chi connectivity index (χ1v) is 8.43. The maximum absolute atomic E-state index is 13.8. The zero-order valence-electron chi connectivity index (χ0n) is 14.1. The van der Waals surface area contributed by atoms with Crippen molar-refractivity contribution >= 4 is 5.91 Å². The molecule has 1 aliphatic carbocycles. The summed E-state index contributed by atoms with van der Waals surface area (Å²) < 4.78 is 32.7. The summed E-state index contributed by atoms with van der Waals surface area (Å²) in [6, 6.07) is 11.4. The lowest BCUT2D eigenvalue weighted by atomic mass is 9.78. The van der Waals surface area contributed by atoms with Crippen LogP contribution in [0.4, 0.5) is 8.78 Å². The second-order valence-corrected chi connectivity index (χ2v) is 6.47. The van der Waals surface area contributed by atoms with E-state index < -0.39 is 17.5 Å².